The van der Waals surface area contributed by atoms with Gasteiger partial charge in [-0.3, -0.25) is 4.79 Å². The van der Waals surface area contributed by atoms with Crippen molar-refractivity contribution in [1.29, 1.82) is 0 Å². The Hall–Kier alpha value is -2.47. The molecule has 1 heterocycles. The Balaban J connectivity index is 1.75. The van der Waals surface area contributed by atoms with Gasteiger partial charge in [0, 0.05) is 18.2 Å². The lowest BCUT2D eigenvalue weighted by Gasteiger charge is -2.06. The number of rotatable bonds is 5. The van der Waals surface area contributed by atoms with Crippen LogP contribution in [0.5, 0.6) is 0 Å². The van der Waals surface area contributed by atoms with E-state index in [-0.39, 0.29) is 11.6 Å². The first-order chi connectivity index (χ1) is 12.0. The van der Waals surface area contributed by atoms with Crippen molar-refractivity contribution in [3.63, 3.8) is 0 Å². The van der Waals surface area contributed by atoms with Crippen molar-refractivity contribution in [2.75, 3.05) is 5.75 Å². The maximum Gasteiger partial charge on any atom is 0.191 e. The Morgan fingerprint density at radius 1 is 1.12 bits per heavy atom. The molecule has 0 aliphatic heterocycles. The highest BCUT2D eigenvalue weighted by molar-refractivity contribution is 7.99. The molecule has 0 unspecified atom stereocenters. The summed E-state index contributed by atoms with van der Waals surface area (Å²) < 4.78 is 14.9. The first kappa shape index (κ1) is 17.4. The minimum absolute atomic E-state index is 0.0672. The fourth-order valence-electron chi connectivity index (χ4n) is 2.54. The third kappa shape index (κ3) is 3.79. The third-order valence-electron chi connectivity index (χ3n) is 3.96. The number of halogens is 1. The zero-order chi connectivity index (χ0) is 18.0. The zero-order valence-corrected chi connectivity index (χ0v) is 15.1. The number of aromatic nitrogens is 3. The number of hydrogen-bond acceptors (Lipinski definition) is 4. The number of hydrogen-bond donors (Lipinski definition) is 0. The molecule has 128 valence electrons. The summed E-state index contributed by atoms with van der Waals surface area (Å²) >= 11 is 1.35. The summed E-state index contributed by atoms with van der Waals surface area (Å²) in [5, 5.41) is 8.96. The summed E-state index contributed by atoms with van der Waals surface area (Å²) in [6.07, 6.45) is 0. The fourth-order valence-corrected chi connectivity index (χ4v) is 3.33. The molecule has 0 amide bonds. The summed E-state index contributed by atoms with van der Waals surface area (Å²) in [6, 6.07) is 12.0. The summed E-state index contributed by atoms with van der Waals surface area (Å²) in [7, 11) is 1.84. The van der Waals surface area contributed by atoms with Gasteiger partial charge in [-0.2, -0.15) is 0 Å². The van der Waals surface area contributed by atoms with Gasteiger partial charge >= 0.3 is 0 Å². The number of benzene rings is 2. The Bertz CT molecular complexity index is 919. The SMILES string of the molecule is Cc1ccc(C)c(C(=O)CSc2nnc(-c3ccc(F)cc3)n2C)c1. The second kappa shape index (κ2) is 7.19. The van der Waals surface area contributed by atoms with E-state index >= 15 is 0 Å². The standard InChI is InChI=1S/C19H18FN3OS/c1-12-4-5-13(2)16(10-12)17(24)11-25-19-22-21-18(23(19)3)14-6-8-15(20)9-7-14/h4-10H,11H2,1-3H3. The van der Waals surface area contributed by atoms with Gasteiger partial charge in [0.25, 0.3) is 0 Å². The van der Waals surface area contributed by atoms with Crippen molar-refractivity contribution in [2.45, 2.75) is 19.0 Å². The van der Waals surface area contributed by atoms with Crippen LogP contribution in [0.2, 0.25) is 0 Å². The largest absolute Gasteiger partial charge is 0.305 e. The second-order valence-corrected chi connectivity index (χ2v) is 6.84. The number of carbonyl (C=O) groups is 1. The topological polar surface area (TPSA) is 47.8 Å². The highest BCUT2D eigenvalue weighted by Crippen LogP contribution is 2.24. The summed E-state index contributed by atoms with van der Waals surface area (Å²) in [5.74, 6) is 0.707. The third-order valence-corrected chi connectivity index (χ3v) is 4.98. The van der Waals surface area contributed by atoms with Crippen molar-refractivity contribution in [2.24, 2.45) is 7.05 Å². The van der Waals surface area contributed by atoms with Crippen molar-refractivity contribution in [1.82, 2.24) is 14.8 Å². The van der Waals surface area contributed by atoms with Crippen molar-refractivity contribution >= 4 is 17.5 Å². The average Bonchev–Trinajstić information content (AvgIpc) is 2.96. The molecule has 0 bridgehead atoms. The molecule has 3 aromatic rings. The van der Waals surface area contributed by atoms with Gasteiger partial charge in [-0.15, -0.1) is 10.2 Å². The molecular weight excluding hydrogens is 337 g/mol. The lowest BCUT2D eigenvalue weighted by atomic mass is 10.0. The number of thioether (sulfide) groups is 1. The Labute approximate surface area is 150 Å². The molecule has 0 spiro atoms. The molecule has 0 saturated heterocycles. The molecule has 25 heavy (non-hydrogen) atoms. The van der Waals surface area contributed by atoms with Crippen LogP contribution in [0.1, 0.15) is 21.5 Å². The van der Waals surface area contributed by atoms with Crippen LogP contribution in [-0.4, -0.2) is 26.3 Å². The van der Waals surface area contributed by atoms with Crippen LogP contribution in [0.3, 0.4) is 0 Å². The molecule has 4 nitrogen and oxygen atoms in total. The molecule has 0 N–H and O–H groups in total. The molecule has 6 heteroatoms. The van der Waals surface area contributed by atoms with Crippen LogP contribution in [-0.2, 0) is 7.05 Å². The van der Waals surface area contributed by atoms with E-state index in [0.717, 1.165) is 22.3 Å². The number of nitrogens with zero attached hydrogens (tertiary/aromatic N) is 3. The van der Waals surface area contributed by atoms with Crippen LogP contribution in [0.4, 0.5) is 4.39 Å². The smallest absolute Gasteiger partial charge is 0.191 e. The lowest BCUT2D eigenvalue weighted by molar-refractivity contribution is 0.102. The van der Waals surface area contributed by atoms with Crippen LogP contribution >= 0.6 is 11.8 Å². The normalized spacial score (nSPS) is 10.9. The molecule has 0 saturated carbocycles. The van der Waals surface area contributed by atoms with E-state index in [9.17, 15) is 9.18 Å². The van der Waals surface area contributed by atoms with Crippen LogP contribution < -0.4 is 0 Å². The molecule has 0 radical (unpaired) electrons. The second-order valence-electron chi connectivity index (χ2n) is 5.90. The van der Waals surface area contributed by atoms with E-state index in [1.807, 2.05) is 43.7 Å². The van der Waals surface area contributed by atoms with Crippen molar-refractivity contribution < 1.29 is 9.18 Å². The van der Waals surface area contributed by atoms with Gasteiger partial charge in [-0.1, -0.05) is 29.5 Å². The van der Waals surface area contributed by atoms with E-state index in [0.29, 0.717) is 16.7 Å². The highest BCUT2D eigenvalue weighted by atomic mass is 32.2. The van der Waals surface area contributed by atoms with Gasteiger partial charge in [0.1, 0.15) is 5.82 Å². The van der Waals surface area contributed by atoms with Gasteiger partial charge < -0.3 is 4.57 Å². The van der Waals surface area contributed by atoms with E-state index < -0.39 is 0 Å². The Morgan fingerprint density at radius 2 is 1.84 bits per heavy atom. The number of aryl methyl sites for hydroxylation is 2. The molecule has 0 fully saturated rings. The Kier molecular flexibility index (Phi) is 4.99. The van der Waals surface area contributed by atoms with Gasteiger partial charge in [0.15, 0.2) is 16.8 Å². The van der Waals surface area contributed by atoms with Gasteiger partial charge in [-0.25, -0.2) is 4.39 Å². The molecule has 3 rings (SSSR count). The first-order valence-electron chi connectivity index (χ1n) is 7.84. The number of carbonyl (C=O) groups excluding carboxylic acids is 1. The molecule has 2 aromatic carbocycles. The van der Waals surface area contributed by atoms with E-state index in [1.165, 1.54) is 23.9 Å². The number of Topliss-reactive ketones (excluding diaryl/α,β-unsaturated/α-hetero) is 1. The van der Waals surface area contributed by atoms with E-state index in [2.05, 4.69) is 10.2 Å². The van der Waals surface area contributed by atoms with Crippen LogP contribution in [0.25, 0.3) is 11.4 Å². The summed E-state index contributed by atoms with van der Waals surface area (Å²) in [5.41, 5.74) is 3.56. The zero-order valence-electron chi connectivity index (χ0n) is 14.3. The predicted octanol–water partition coefficient (Wildman–Crippen LogP) is 4.21. The van der Waals surface area contributed by atoms with E-state index in [1.54, 1.807) is 12.1 Å². The summed E-state index contributed by atoms with van der Waals surface area (Å²) in [4.78, 5) is 12.5. The summed E-state index contributed by atoms with van der Waals surface area (Å²) in [6.45, 7) is 3.91. The predicted molar refractivity (Wildman–Crippen MR) is 97.4 cm³/mol. The first-order valence-corrected chi connectivity index (χ1v) is 8.83. The van der Waals surface area contributed by atoms with Gasteiger partial charge in [0.2, 0.25) is 0 Å². The van der Waals surface area contributed by atoms with Gasteiger partial charge in [-0.05, 0) is 49.7 Å². The maximum absolute atomic E-state index is 13.1. The highest BCUT2D eigenvalue weighted by Gasteiger charge is 2.15. The minimum Gasteiger partial charge on any atom is -0.305 e. The molecule has 0 atom stereocenters. The maximum atomic E-state index is 13.1. The molecule has 0 aliphatic carbocycles. The fraction of sp³-hybridized carbons (Fsp3) is 0.211. The quantitative estimate of drug-likeness (QED) is 0.508. The minimum atomic E-state index is -0.292. The number of ketones is 1. The molecular formula is C19H18FN3OS. The monoisotopic (exact) mass is 355 g/mol. The lowest BCUT2D eigenvalue weighted by Crippen LogP contribution is -2.06. The van der Waals surface area contributed by atoms with Crippen LogP contribution in [0, 0.1) is 19.7 Å². The van der Waals surface area contributed by atoms with E-state index in [4.69, 9.17) is 0 Å². The van der Waals surface area contributed by atoms with Gasteiger partial charge in [0.05, 0.1) is 5.75 Å². The molecule has 0 aliphatic rings. The van der Waals surface area contributed by atoms with Crippen LogP contribution in [0.15, 0.2) is 47.6 Å². The average molecular weight is 355 g/mol. The van der Waals surface area contributed by atoms with Crippen molar-refractivity contribution in [3.8, 4) is 11.4 Å². The van der Waals surface area contributed by atoms with Crippen molar-refractivity contribution in [3.05, 3.63) is 65.0 Å². The molecule has 1 aromatic heterocycles. The Morgan fingerprint density at radius 3 is 2.56 bits per heavy atom.